The first-order chi connectivity index (χ1) is 60.3. The van der Waals surface area contributed by atoms with Crippen LogP contribution in [0, 0.1) is 51.0 Å². The number of halogens is 4. The maximum atomic E-state index is 14.9. The number of hydrogen-bond donors (Lipinski definition) is 6. The van der Waals surface area contributed by atoms with Gasteiger partial charge in [0.15, 0.2) is 0 Å². The number of carbonyl (C=O) groups is 5. The summed E-state index contributed by atoms with van der Waals surface area (Å²) in [6, 6.07) is 24.8. The number of aromatic carboxylic acids is 1. The molecule has 0 fully saturated rings. The Balaban J connectivity index is 0.000000169. The SMILES string of the molecule is CC(=O)OC[C@@H](C)n1nnnc1-c1cccc(NC(=O)c2cc(-n3cnc(C(C)(C)C)c3)c(C)cc2F)n1.Cc1cc(F)c(C(=O)Nc2cccc(-c3nnnn3[C@H](C)CO)n2)cc1-n1cnc(C(C)(C)C)c1.Cc1cc(F)c(C(=O)Nc2cccc(-c3nnnn3[C@H](C)CO)n2)cc1-n1cnc(C(C)(C)C)c1.Cc1cc(F)c(C(=O)O)cc1-n1cnc(C(C)(C)C)c1. The number of carboxylic acid groups (broad SMARTS) is 1. The van der Waals surface area contributed by atoms with E-state index in [9.17, 15) is 51.7 Å². The van der Waals surface area contributed by atoms with Crippen molar-refractivity contribution in [2.75, 3.05) is 35.8 Å². The van der Waals surface area contributed by atoms with Crippen LogP contribution in [-0.4, -0.2) is 179 Å². The quantitative estimate of drug-likeness (QED) is 0.0287. The molecule has 0 spiro atoms. The summed E-state index contributed by atoms with van der Waals surface area (Å²) in [4.78, 5) is 92.2. The van der Waals surface area contributed by atoms with Gasteiger partial charge in [0.25, 0.3) is 17.7 Å². The Labute approximate surface area is 734 Å². The molecule has 0 saturated heterocycles. The van der Waals surface area contributed by atoms with E-state index in [1.807, 2.05) is 45.6 Å². The number of aromatic nitrogens is 23. The Morgan fingerprint density at radius 2 is 0.656 bits per heavy atom. The number of hydrogen-bond acceptors (Lipinski definition) is 24. The van der Waals surface area contributed by atoms with Crippen LogP contribution in [0.5, 0.6) is 0 Å². The summed E-state index contributed by atoms with van der Waals surface area (Å²) < 4.78 is 74.6. The molecule has 14 aromatic rings. The average Bonchev–Trinajstić information content (AvgIpc) is 1.54. The van der Waals surface area contributed by atoms with Crippen LogP contribution in [0.15, 0.2) is 153 Å². The van der Waals surface area contributed by atoms with E-state index in [-0.39, 0.29) is 99.3 Å². The first-order valence-electron chi connectivity index (χ1n) is 40.5. The maximum absolute atomic E-state index is 14.9. The number of aryl methyl sites for hydroxylation is 4. The van der Waals surface area contributed by atoms with Gasteiger partial charge in [0, 0.05) is 53.4 Å². The van der Waals surface area contributed by atoms with Gasteiger partial charge >= 0.3 is 11.9 Å². The minimum Gasteiger partial charge on any atom is -0.478 e. The fourth-order valence-electron chi connectivity index (χ4n) is 12.7. The Morgan fingerprint density at radius 1 is 0.398 bits per heavy atom. The second kappa shape index (κ2) is 38.9. The van der Waals surface area contributed by atoms with Crippen molar-refractivity contribution in [3.05, 3.63) is 244 Å². The highest BCUT2D eigenvalue weighted by atomic mass is 19.1. The van der Waals surface area contributed by atoms with Crippen LogP contribution in [-0.2, 0) is 31.2 Å². The third-order valence-electron chi connectivity index (χ3n) is 20.1. The number of benzene rings is 4. The third kappa shape index (κ3) is 22.4. The van der Waals surface area contributed by atoms with Crippen LogP contribution in [0.1, 0.15) is 215 Å². The lowest BCUT2D eigenvalue weighted by Crippen LogP contribution is -2.18. The zero-order chi connectivity index (χ0) is 93.3. The molecule has 10 heterocycles. The van der Waals surface area contributed by atoms with E-state index in [4.69, 9.17) is 9.84 Å². The van der Waals surface area contributed by atoms with Gasteiger partial charge in [-0.25, -0.2) is 71.3 Å². The molecule has 128 heavy (non-hydrogen) atoms. The van der Waals surface area contributed by atoms with E-state index in [1.165, 1.54) is 69.5 Å². The first kappa shape index (κ1) is 94.1. The molecule has 0 saturated carbocycles. The van der Waals surface area contributed by atoms with Crippen LogP contribution in [0.2, 0.25) is 0 Å². The van der Waals surface area contributed by atoms with Crippen molar-refractivity contribution in [2.45, 2.75) is 178 Å². The highest BCUT2D eigenvalue weighted by Crippen LogP contribution is 2.33. The van der Waals surface area contributed by atoms with Gasteiger partial charge in [-0.1, -0.05) is 101 Å². The van der Waals surface area contributed by atoms with Crippen LogP contribution >= 0.6 is 0 Å². The summed E-state index contributed by atoms with van der Waals surface area (Å²) in [5, 5.41) is 70.5. The zero-order valence-corrected chi connectivity index (χ0v) is 74.4. The van der Waals surface area contributed by atoms with Crippen molar-refractivity contribution in [3.8, 4) is 57.3 Å². The van der Waals surface area contributed by atoms with E-state index < -0.39 is 52.9 Å². The number of amides is 3. The van der Waals surface area contributed by atoms with E-state index in [2.05, 4.69) is 160 Å². The van der Waals surface area contributed by atoms with Gasteiger partial charge in [0.2, 0.25) is 17.5 Å². The standard InChI is InChI=1S/C26H29FN8O3.2C24H27FN8O2.C15H17FN2O2/c1-15-10-19(27)18(11-21(15)34-12-22(28-14-34)26(4,5)6)25(37)30-23-9-7-8-20(29-23)24-31-32-33-35(24)16(2)13-38-17(3)36;2*1-14-9-17(25)16(10-19(14)32-11-20(26-13-32)24(3,4)5)23(35)28-21-8-6-7-18(27-21)22-29-30-31-33(22)15(2)12-34;1-9-5-11(16)10(14(19)20)6-12(9)18-7-13(17-8-18)15(2,3)4/h7-12,14,16H,13H2,1-6H3,(H,29,30,37);2*6-11,13,15,34H,12H2,1-5H3,(H,27,28,35);5-8H,1-4H3,(H,19,20)/t16-;2*15-;/m111./s1. The fourth-order valence-corrected chi connectivity index (χ4v) is 12.7. The molecule has 10 aromatic heterocycles. The first-order valence-corrected chi connectivity index (χ1v) is 40.5. The van der Waals surface area contributed by atoms with Crippen LogP contribution in [0.3, 0.4) is 0 Å². The third-order valence-corrected chi connectivity index (χ3v) is 20.1. The number of rotatable bonds is 21. The number of ether oxygens (including phenoxy) is 1. The van der Waals surface area contributed by atoms with Gasteiger partial charge in [-0.3, -0.25) is 19.2 Å². The second-order valence-electron chi connectivity index (χ2n) is 34.6. The molecule has 668 valence electrons. The summed E-state index contributed by atoms with van der Waals surface area (Å²) in [6.07, 6.45) is 14.1. The maximum Gasteiger partial charge on any atom is 0.338 e. The predicted octanol–water partition coefficient (Wildman–Crippen LogP) is 14.3. The predicted molar refractivity (Wildman–Crippen MR) is 467 cm³/mol. The van der Waals surface area contributed by atoms with Crippen molar-refractivity contribution in [1.29, 1.82) is 0 Å². The fraction of sp³-hybridized carbons (Fsp3) is 0.337. The molecule has 3 atom stereocenters. The minimum absolute atomic E-state index is 0.0764. The van der Waals surface area contributed by atoms with Gasteiger partial charge in [-0.15, -0.1) is 15.3 Å². The molecule has 3 amide bonds. The lowest BCUT2D eigenvalue weighted by molar-refractivity contribution is -0.142. The van der Waals surface area contributed by atoms with Gasteiger partial charge in [0.05, 0.1) is 124 Å². The van der Waals surface area contributed by atoms with E-state index in [0.717, 1.165) is 22.8 Å². The van der Waals surface area contributed by atoms with Crippen molar-refractivity contribution in [3.63, 3.8) is 0 Å². The number of pyridine rings is 3. The lowest BCUT2D eigenvalue weighted by Gasteiger charge is -2.15. The molecular formula is C89H100F4N26O9. The van der Waals surface area contributed by atoms with Crippen molar-refractivity contribution < 1.29 is 61.6 Å². The minimum atomic E-state index is -1.28. The number of nitrogens with one attached hydrogen (secondary N) is 3. The molecule has 0 unspecified atom stereocenters. The largest absolute Gasteiger partial charge is 0.478 e. The molecule has 14 rings (SSSR count). The van der Waals surface area contributed by atoms with Crippen LogP contribution in [0.25, 0.3) is 57.3 Å². The summed E-state index contributed by atoms with van der Waals surface area (Å²) in [7, 11) is 0. The number of carboxylic acids is 1. The highest BCUT2D eigenvalue weighted by Gasteiger charge is 2.28. The normalized spacial score (nSPS) is 12.3. The number of carbonyl (C=O) groups excluding carboxylic acids is 4. The molecule has 0 aliphatic rings. The van der Waals surface area contributed by atoms with Crippen molar-refractivity contribution in [2.24, 2.45) is 0 Å². The topological polar surface area (TPSA) is 432 Å². The number of tetrazole rings is 3. The van der Waals surface area contributed by atoms with Crippen LogP contribution in [0.4, 0.5) is 35.0 Å². The highest BCUT2D eigenvalue weighted by molar-refractivity contribution is 6.06. The number of nitrogens with zero attached hydrogens (tertiary/aromatic N) is 23. The molecule has 0 bridgehead atoms. The van der Waals surface area contributed by atoms with E-state index >= 15 is 0 Å². The molecule has 4 aromatic carbocycles. The van der Waals surface area contributed by atoms with Gasteiger partial charge < -0.3 is 54.3 Å². The smallest absolute Gasteiger partial charge is 0.338 e. The number of aliphatic hydroxyl groups is 2. The number of esters is 1. The average molecular weight is 1750 g/mol. The summed E-state index contributed by atoms with van der Waals surface area (Å²) in [5.41, 5.74) is 8.63. The summed E-state index contributed by atoms with van der Waals surface area (Å²) in [5.74, 6) is -4.72. The molecule has 35 nitrogen and oxygen atoms in total. The molecule has 0 radical (unpaired) electrons. The summed E-state index contributed by atoms with van der Waals surface area (Å²) >= 11 is 0. The summed E-state index contributed by atoms with van der Waals surface area (Å²) in [6.45, 7) is 38.1. The Kier molecular flexibility index (Phi) is 28.6. The molecule has 0 aliphatic carbocycles. The number of aliphatic hydroxyl groups excluding tert-OH is 2. The van der Waals surface area contributed by atoms with E-state index in [0.29, 0.717) is 79.6 Å². The molecular weight excluding hydrogens is 1650 g/mol. The molecule has 39 heteroatoms. The van der Waals surface area contributed by atoms with E-state index in [1.54, 1.807) is 147 Å². The van der Waals surface area contributed by atoms with Crippen LogP contribution < -0.4 is 16.0 Å². The van der Waals surface area contributed by atoms with Gasteiger partial charge in [-0.05, 0) is 187 Å². The Bertz CT molecular complexity index is 6180. The van der Waals surface area contributed by atoms with Gasteiger partial charge in [0.1, 0.15) is 64.4 Å². The van der Waals surface area contributed by atoms with Crippen molar-refractivity contribution in [1.82, 2.24) is 114 Å². The number of anilines is 3. The monoisotopic (exact) mass is 1750 g/mol. The number of imidazole rings is 4. The Hall–Kier alpha value is -14.6. The molecule has 6 N–H and O–H groups in total. The second-order valence-corrected chi connectivity index (χ2v) is 34.6. The Morgan fingerprint density at radius 3 is 0.898 bits per heavy atom. The zero-order valence-electron chi connectivity index (χ0n) is 74.4. The van der Waals surface area contributed by atoms with Crippen molar-refractivity contribution >= 4 is 47.1 Å². The molecule has 0 aliphatic heterocycles. The lowest BCUT2D eigenvalue weighted by atomic mass is 9.93. The van der Waals surface area contributed by atoms with Gasteiger partial charge in [-0.2, -0.15) is 0 Å².